The first-order valence-electron chi connectivity index (χ1n) is 9.58. The monoisotopic (exact) mass is 332 g/mol. The van der Waals surface area contributed by atoms with Crippen molar-refractivity contribution in [3.63, 3.8) is 0 Å². The minimum Gasteiger partial charge on any atom is -0.353 e. The van der Waals surface area contributed by atoms with Gasteiger partial charge in [-0.25, -0.2) is 0 Å². The van der Waals surface area contributed by atoms with Gasteiger partial charge in [-0.2, -0.15) is 0 Å². The molecule has 0 unspecified atom stereocenters. The van der Waals surface area contributed by atoms with Crippen molar-refractivity contribution < 1.29 is 14.4 Å². The molecule has 1 saturated heterocycles. The Morgan fingerprint density at radius 3 is 2.08 bits per heavy atom. The molecule has 4 saturated carbocycles. The van der Waals surface area contributed by atoms with Gasteiger partial charge in [-0.3, -0.25) is 19.3 Å². The SMILES string of the molecule is C[C@H](NC(=O)CCN1C(=O)CCC1=O)C12CC3CC(CC(C3)C1)C2. The molecule has 4 aliphatic carbocycles. The normalized spacial score (nSPS) is 38.7. The second-order valence-corrected chi connectivity index (χ2v) is 8.76. The van der Waals surface area contributed by atoms with E-state index in [0.717, 1.165) is 17.8 Å². The van der Waals surface area contributed by atoms with Gasteiger partial charge in [0.2, 0.25) is 17.7 Å². The molecule has 1 atom stereocenters. The standard InChI is InChI=1S/C19H28N2O3/c1-12(19-9-13-6-14(10-19)8-15(7-13)11-19)20-16(22)4-5-21-17(23)2-3-18(21)24/h12-15H,2-11H2,1H3,(H,20,22)/t12-,13?,14?,15?,19?/m0/s1. The van der Waals surface area contributed by atoms with Crippen molar-refractivity contribution in [2.75, 3.05) is 6.54 Å². The predicted molar refractivity (Wildman–Crippen MR) is 88.8 cm³/mol. The molecule has 4 bridgehead atoms. The Morgan fingerprint density at radius 1 is 1.08 bits per heavy atom. The Labute approximate surface area is 143 Å². The van der Waals surface area contributed by atoms with Crippen LogP contribution in [0.3, 0.4) is 0 Å². The second-order valence-electron chi connectivity index (χ2n) is 8.76. The highest BCUT2D eigenvalue weighted by Crippen LogP contribution is 2.61. The quantitative estimate of drug-likeness (QED) is 0.785. The van der Waals surface area contributed by atoms with E-state index in [4.69, 9.17) is 0 Å². The lowest BCUT2D eigenvalue weighted by atomic mass is 9.48. The van der Waals surface area contributed by atoms with Crippen LogP contribution >= 0.6 is 0 Å². The Hall–Kier alpha value is -1.39. The van der Waals surface area contributed by atoms with Gasteiger partial charge < -0.3 is 5.32 Å². The second kappa shape index (κ2) is 5.85. The lowest BCUT2D eigenvalue weighted by Gasteiger charge is -2.59. The number of hydrogen-bond acceptors (Lipinski definition) is 3. The van der Waals surface area contributed by atoms with E-state index in [1.165, 1.54) is 43.4 Å². The van der Waals surface area contributed by atoms with E-state index < -0.39 is 0 Å². The fourth-order valence-electron chi connectivity index (χ4n) is 6.26. The molecule has 5 aliphatic rings. The zero-order valence-electron chi connectivity index (χ0n) is 14.6. The van der Waals surface area contributed by atoms with Gasteiger partial charge >= 0.3 is 0 Å². The largest absolute Gasteiger partial charge is 0.353 e. The molecule has 0 spiro atoms. The van der Waals surface area contributed by atoms with Gasteiger partial charge in [-0.15, -0.1) is 0 Å². The summed E-state index contributed by atoms with van der Waals surface area (Å²) in [4.78, 5) is 36.8. The van der Waals surface area contributed by atoms with E-state index in [-0.39, 0.29) is 36.7 Å². The van der Waals surface area contributed by atoms with Gasteiger partial charge in [-0.05, 0) is 68.6 Å². The van der Waals surface area contributed by atoms with E-state index in [9.17, 15) is 14.4 Å². The molecule has 132 valence electrons. The van der Waals surface area contributed by atoms with Crippen LogP contribution in [0.5, 0.6) is 0 Å². The molecule has 0 aromatic heterocycles. The van der Waals surface area contributed by atoms with Crippen molar-refractivity contribution >= 4 is 17.7 Å². The Kier molecular flexibility index (Phi) is 3.92. The molecule has 5 fully saturated rings. The highest BCUT2D eigenvalue weighted by atomic mass is 16.2. The summed E-state index contributed by atoms with van der Waals surface area (Å²) in [5.74, 6) is 2.32. The zero-order valence-corrected chi connectivity index (χ0v) is 14.6. The molecule has 5 nitrogen and oxygen atoms in total. The Morgan fingerprint density at radius 2 is 1.58 bits per heavy atom. The first kappa shape index (κ1) is 16.1. The molecule has 1 N–H and O–H groups in total. The predicted octanol–water partition coefficient (Wildman–Crippen LogP) is 2.25. The summed E-state index contributed by atoms with van der Waals surface area (Å²) in [6, 6.07) is 0.198. The zero-order chi connectivity index (χ0) is 16.9. The maximum atomic E-state index is 12.4. The lowest BCUT2D eigenvalue weighted by Crippen LogP contribution is -2.56. The molecular formula is C19H28N2O3. The maximum absolute atomic E-state index is 12.4. The molecule has 5 heteroatoms. The molecule has 5 rings (SSSR count). The summed E-state index contributed by atoms with van der Waals surface area (Å²) >= 11 is 0. The van der Waals surface area contributed by atoms with Gasteiger partial charge in [0.25, 0.3) is 0 Å². The van der Waals surface area contributed by atoms with E-state index in [0.29, 0.717) is 18.3 Å². The number of amides is 3. The third-order valence-electron chi connectivity index (χ3n) is 7.10. The first-order valence-corrected chi connectivity index (χ1v) is 9.58. The van der Waals surface area contributed by atoms with E-state index >= 15 is 0 Å². The molecule has 0 radical (unpaired) electrons. The van der Waals surface area contributed by atoms with E-state index in [1.807, 2.05) is 0 Å². The summed E-state index contributed by atoms with van der Waals surface area (Å²) in [5.41, 5.74) is 0.295. The third kappa shape index (κ3) is 2.76. The minimum atomic E-state index is -0.137. The first-order chi connectivity index (χ1) is 11.4. The summed E-state index contributed by atoms with van der Waals surface area (Å²) in [6.45, 7) is 2.40. The van der Waals surface area contributed by atoms with Crippen LogP contribution in [0.4, 0.5) is 0 Å². The Balaban J connectivity index is 1.33. The molecule has 0 aromatic carbocycles. The molecule has 0 aromatic rings. The average Bonchev–Trinajstić information content (AvgIpc) is 2.82. The molecular weight excluding hydrogens is 304 g/mol. The number of imide groups is 1. The van der Waals surface area contributed by atoms with Crippen molar-refractivity contribution in [1.82, 2.24) is 10.2 Å². The van der Waals surface area contributed by atoms with Crippen LogP contribution in [0.1, 0.15) is 64.7 Å². The lowest BCUT2D eigenvalue weighted by molar-refractivity contribution is -0.138. The molecule has 1 aliphatic heterocycles. The molecule has 24 heavy (non-hydrogen) atoms. The van der Waals surface area contributed by atoms with Crippen LogP contribution in [0.2, 0.25) is 0 Å². The smallest absolute Gasteiger partial charge is 0.229 e. The van der Waals surface area contributed by atoms with Crippen LogP contribution in [0.25, 0.3) is 0 Å². The highest BCUT2D eigenvalue weighted by Gasteiger charge is 2.53. The topological polar surface area (TPSA) is 66.5 Å². The number of carbonyl (C=O) groups excluding carboxylic acids is 3. The van der Waals surface area contributed by atoms with E-state index in [1.54, 1.807) is 0 Å². The summed E-state index contributed by atoms with van der Waals surface area (Å²) < 4.78 is 0. The van der Waals surface area contributed by atoms with Crippen LogP contribution in [-0.4, -0.2) is 35.2 Å². The van der Waals surface area contributed by atoms with Gasteiger partial charge in [0.15, 0.2) is 0 Å². The van der Waals surface area contributed by atoms with Crippen LogP contribution in [0.15, 0.2) is 0 Å². The van der Waals surface area contributed by atoms with Crippen LogP contribution in [0, 0.1) is 23.2 Å². The number of nitrogens with one attached hydrogen (secondary N) is 1. The van der Waals surface area contributed by atoms with Crippen LogP contribution in [-0.2, 0) is 14.4 Å². The fourth-order valence-corrected chi connectivity index (χ4v) is 6.26. The number of carbonyl (C=O) groups is 3. The summed E-state index contributed by atoms with van der Waals surface area (Å²) in [7, 11) is 0. The molecule has 1 heterocycles. The van der Waals surface area contributed by atoms with Crippen molar-refractivity contribution in [1.29, 1.82) is 0 Å². The van der Waals surface area contributed by atoms with Gasteiger partial charge in [0, 0.05) is 31.8 Å². The van der Waals surface area contributed by atoms with Gasteiger partial charge in [0.05, 0.1) is 0 Å². The number of nitrogens with zero attached hydrogens (tertiary/aromatic N) is 1. The van der Waals surface area contributed by atoms with Crippen molar-refractivity contribution in [3.05, 3.63) is 0 Å². The maximum Gasteiger partial charge on any atom is 0.229 e. The minimum absolute atomic E-state index is 0.0225. The van der Waals surface area contributed by atoms with Crippen molar-refractivity contribution in [2.45, 2.75) is 70.8 Å². The van der Waals surface area contributed by atoms with Crippen LogP contribution < -0.4 is 5.32 Å². The summed E-state index contributed by atoms with van der Waals surface area (Å²) in [6.07, 6.45) is 8.83. The number of likely N-dealkylation sites (tertiary alicyclic amines) is 1. The number of hydrogen-bond donors (Lipinski definition) is 1. The fraction of sp³-hybridized carbons (Fsp3) is 0.842. The molecule has 3 amide bonds. The van der Waals surface area contributed by atoms with Crippen molar-refractivity contribution in [2.24, 2.45) is 23.2 Å². The highest BCUT2D eigenvalue weighted by molar-refractivity contribution is 6.02. The van der Waals surface area contributed by atoms with E-state index in [2.05, 4.69) is 12.2 Å². The van der Waals surface area contributed by atoms with Gasteiger partial charge in [-0.1, -0.05) is 0 Å². The van der Waals surface area contributed by atoms with Crippen molar-refractivity contribution in [3.8, 4) is 0 Å². The third-order valence-corrected chi connectivity index (χ3v) is 7.10. The summed E-state index contributed by atoms with van der Waals surface area (Å²) in [5, 5.41) is 3.20. The Bertz CT molecular complexity index is 520. The van der Waals surface area contributed by atoms with Gasteiger partial charge in [0.1, 0.15) is 0 Å². The number of rotatable bonds is 5. The average molecular weight is 332 g/mol.